The fraction of sp³-hybridized carbons (Fsp3) is 0.200. The molecule has 96 valence electrons. The van der Waals surface area contributed by atoms with Gasteiger partial charge >= 0.3 is 0 Å². The van der Waals surface area contributed by atoms with Crippen LogP contribution in [-0.4, -0.2) is 18.6 Å². The highest BCUT2D eigenvalue weighted by molar-refractivity contribution is 7.89. The Labute approximate surface area is 103 Å². The molecule has 0 atom stereocenters. The smallest absolute Gasteiger partial charge is 0.246 e. The minimum atomic E-state index is -3.86. The van der Waals surface area contributed by atoms with Crippen molar-refractivity contribution in [2.24, 2.45) is 0 Å². The number of aryl methyl sites for hydroxylation is 1. The molecule has 0 aliphatic heterocycles. The lowest BCUT2D eigenvalue weighted by molar-refractivity contribution is 0.390. The summed E-state index contributed by atoms with van der Waals surface area (Å²) in [4.78, 5) is 13.6. The van der Waals surface area contributed by atoms with Gasteiger partial charge < -0.3 is 9.51 Å². The maximum absolute atomic E-state index is 11.8. The normalized spacial score (nSPS) is 11.6. The van der Waals surface area contributed by atoms with Gasteiger partial charge in [0, 0.05) is 24.5 Å². The van der Waals surface area contributed by atoms with Gasteiger partial charge in [-0.1, -0.05) is 5.16 Å². The standard InChI is InChI=1S/C10H11N3O4S/c1-7-4-8(13-17-7)5-12-18(15,16)10-6-11-3-2-9(10)14/h2-4,6,12H,5H2,1H3,(H,11,14). The summed E-state index contributed by atoms with van der Waals surface area (Å²) < 4.78 is 30.8. The van der Waals surface area contributed by atoms with Crippen LogP contribution in [0.5, 0.6) is 0 Å². The molecule has 0 radical (unpaired) electrons. The molecule has 0 amide bonds. The van der Waals surface area contributed by atoms with Crippen molar-refractivity contribution in [3.63, 3.8) is 0 Å². The molecular weight excluding hydrogens is 258 g/mol. The first-order chi connectivity index (χ1) is 8.49. The van der Waals surface area contributed by atoms with Gasteiger partial charge in [0.25, 0.3) is 0 Å². The average molecular weight is 269 g/mol. The fourth-order valence-electron chi connectivity index (χ4n) is 1.36. The summed E-state index contributed by atoms with van der Waals surface area (Å²) in [6, 6.07) is 2.76. The number of pyridine rings is 1. The van der Waals surface area contributed by atoms with Gasteiger partial charge in [-0.05, 0) is 6.92 Å². The SMILES string of the molecule is Cc1cc(CNS(=O)(=O)c2c[nH]ccc2=O)no1. The molecule has 2 N–H and O–H groups in total. The highest BCUT2D eigenvalue weighted by atomic mass is 32.2. The van der Waals surface area contributed by atoms with Crippen LogP contribution < -0.4 is 10.2 Å². The van der Waals surface area contributed by atoms with E-state index in [1.165, 1.54) is 6.20 Å². The molecule has 0 aliphatic carbocycles. The Balaban J connectivity index is 2.18. The predicted molar refractivity (Wildman–Crippen MR) is 62.3 cm³/mol. The summed E-state index contributed by atoms with van der Waals surface area (Å²) in [7, 11) is -3.86. The maximum Gasteiger partial charge on any atom is 0.246 e. The molecule has 0 saturated carbocycles. The van der Waals surface area contributed by atoms with E-state index in [2.05, 4.69) is 14.9 Å². The van der Waals surface area contributed by atoms with Crippen LogP contribution in [0.2, 0.25) is 0 Å². The van der Waals surface area contributed by atoms with Crippen LogP contribution >= 0.6 is 0 Å². The van der Waals surface area contributed by atoms with Crippen molar-refractivity contribution in [3.8, 4) is 0 Å². The van der Waals surface area contributed by atoms with Gasteiger partial charge in [0.1, 0.15) is 10.7 Å². The first-order valence-corrected chi connectivity index (χ1v) is 6.56. The van der Waals surface area contributed by atoms with E-state index in [9.17, 15) is 13.2 Å². The first kappa shape index (κ1) is 12.5. The van der Waals surface area contributed by atoms with Gasteiger partial charge in [0.15, 0.2) is 0 Å². The van der Waals surface area contributed by atoms with Gasteiger partial charge in [-0.15, -0.1) is 0 Å². The van der Waals surface area contributed by atoms with E-state index in [0.29, 0.717) is 11.5 Å². The molecule has 0 unspecified atom stereocenters. The Morgan fingerprint density at radius 1 is 1.50 bits per heavy atom. The van der Waals surface area contributed by atoms with Crippen LogP contribution in [0.3, 0.4) is 0 Å². The second kappa shape index (κ2) is 4.75. The van der Waals surface area contributed by atoms with E-state index < -0.39 is 15.5 Å². The van der Waals surface area contributed by atoms with Crippen molar-refractivity contribution >= 4 is 10.0 Å². The van der Waals surface area contributed by atoms with Crippen molar-refractivity contribution in [3.05, 3.63) is 46.2 Å². The summed E-state index contributed by atoms with van der Waals surface area (Å²) in [5, 5.41) is 3.65. The van der Waals surface area contributed by atoms with E-state index in [4.69, 9.17) is 4.52 Å². The zero-order chi connectivity index (χ0) is 13.2. The molecule has 0 spiro atoms. The Morgan fingerprint density at radius 3 is 2.89 bits per heavy atom. The van der Waals surface area contributed by atoms with E-state index in [1.54, 1.807) is 13.0 Å². The van der Waals surface area contributed by atoms with E-state index in [1.807, 2.05) is 0 Å². The molecule has 0 aliphatic rings. The third-order valence-electron chi connectivity index (χ3n) is 2.20. The highest BCUT2D eigenvalue weighted by Crippen LogP contribution is 2.04. The van der Waals surface area contributed by atoms with E-state index >= 15 is 0 Å². The lowest BCUT2D eigenvalue weighted by Gasteiger charge is -2.03. The maximum atomic E-state index is 11.8. The van der Waals surface area contributed by atoms with E-state index in [0.717, 1.165) is 12.3 Å². The van der Waals surface area contributed by atoms with Crippen molar-refractivity contribution in [1.82, 2.24) is 14.9 Å². The summed E-state index contributed by atoms with van der Waals surface area (Å²) in [5.41, 5.74) is -0.124. The van der Waals surface area contributed by atoms with Crippen LogP contribution in [0.4, 0.5) is 0 Å². The molecular formula is C10H11N3O4S. The number of hydrogen-bond donors (Lipinski definition) is 2. The highest BCUT2D eigenvalue weighted by Gasteiger charge is 2.17. The summed E-state index contributed by atoms with van der Waals surface area (Å²) in [5.74, 6) is 0.585. The average Bonchev–Trinajstić information content (AvgIpc) is 2.73. The van der Waals surface area contributed by atoms with Crippen molar-refractivity contribution in [2.45, 2.75) is 18.4 Å². The summed E-state index contributed by atoms with van der Waals surface area (Å²) in [6.07, 6.45) is 2.50. The zero-order valence-electron chi connectivity index (χ0n) is 9.50. The predicted octanol–water partition coefficient (Wildman–Crippen LogP) is 0.150. The molecule has 18 heavy (non-hydrogen) atoms. The number of aromatic amines is 1. The summed E-state index contributed by atoms with van der Waals surface area (Å²) in [6.45, 7) is 1.67. The van der Waals surface area contributed by atoms with Gasteiger partial charge in [-0.2, -0.15) is 0 Å². The second-order valence-corrected chi connectivity index (χ2v) is 5.36. The minimum Gasteiger partial charge on any atom is -0.366 e. The Kier molecular flexibility index (Phi) is 3.30. The molecule has 2 heterocycles. The molecule has 0 fully saturated rings. The molecule has 8 heteroatoms. The monoisotopic (exact) mass is 269 g/mol. The molecule has 7 nitrogen and oxygen atoms in total. The van der Waals surface area contributed by atoms with Gasteiger partial charge in [-0.3, -0.25) is 4.79 Å². The second-order valence-electron chi connectivity index (χ2n) is 3.63. The van der Waals surface area contributed by atoms with Crippen LogP contribution in [0, 0.1) is 6.92 Å². The van der Waals surface area contributed by atoms with Crippen molar-refractivity contribution in [1.29, 1.82) is 0 Å². The van der Waals surface area contributed by atoms with Gasteiger partial charge in [0.05, 0.1) is 12.2 Å². The number of nitrogens with zero attached hydrogens (tertiary/aromatic N) is 1. The van der Waals surface area contributed by atoms with Gasteiger partial charge in [-0.25, -0.2) is 13.1 Å². The fourth-order valence-corrected chi connectivity index (χ4v) is 2.41. The molecule has 0 saturated heterocycles. The van der Waals surface area contributed by atoms with Crippen LogP contribution in [0.15, 0.2) is 38.7 Å². The lowest BCUT2D eigenvalue weighted by atomic mass is 10.4. The van der Waals surface area contributed by atoms with Crippen LogP contribution in [0.25, 0.3) is 0 Å². The quantitative estimate of drug-likeness (QED) is 0.822. The third kappa shape index (κ3) is 2.66. The van der Waals surface area contributed by atoms with Crippen LogP contribution in [-0.2, 0) is 16.6 Å². The molecule has 2 rings (SSSR count). The molecule has 0 aromatic carbocycles. The Bertz CT molecular complexity index is 702. The van der Waals surface area contributed by atoms with Crippen molar-refractivity contribution < 1.29 is 12.9 Å². The lowest BCUT2D eigenvalue weighted by Crippen LogP contribution is -2.28. The van der Waals surface area contributed by atoms with Crippen LogP contribution in [0.1, 0.15) is 11.5 Å². The Morgan fingerprint density at radius 2 is 2.28 bits per heavy atom. The van der Waals surface area contributed by atoms with E-state index in [-0.39, 0.29) is 11.4 Å². The molecule has 0 bridgehead atoms. The van der Waals surface area contributed by atoms with Gasteiger partial charge in [0.2, 0.25) is 15.5 Å². The number of sulfonamides is 1. The summed E-state index contributed by atoms with van der Waals surface area (Å²) >= 11 is 0. The largest absolute Gasteiger partial charge is 0.366 e. The Hall–Kier alpha value is -1.93. The number of H-pyrrole nitrogens is 1. The minimum absolute atomic E-state index is 0.0337. The molecule has 2 aromatic rings. The topological polar surface area (TPSA) is 105 Å². The zero-order valence-corrected chi connectivity index (χ0v) is 10.3. The number of aromatic nitrogens is 2. The third-order valence-corrected chi connectivity index (χ3v) is 3.62. The number of nitrogens with one attached hydrogen (secondary N) is 2. The first-order valence-electron chi connectivity index (χ1n) is 5.08. The number of hydrogen-bond acceptors (Lipinski definition) is 5. The molecule has 2 aromatic heterocycles. The van der Waals surface area contributed by atoms with Crippen molar-refractivity contribution in [2.75, 3.05) is 0 Å². The number of rotatable bonds is 4.